The summed E-state index contributed by atoms with van der Waals surface area (Å²) in [4.78, 5) is 37.2. The number of rotatable bonds is 5. The normalized spacial score (nSPS) is 10.6. The number of benzene rings is 2. The second kappa shape index (κ2) is 7.16. The molecule has 0 aliphatic rings. The molecule has 3 rings (SSSR count). The maximum absolute atomic E-state index is 12.4. The molecule has 1 aromatic heterocycles. The lowest BCUT2D eigenvalue weighted by molar-refractivity contribution is -0.384. The highest BCUT2D eigenvalue weighted by Crippen LogP contribution is 2.27. The van der Waals surface area contributed by atoms with E-state index in [1.807, 2.05) is 0 Å². The molecule has 0 radical (unpaired) electrons. The number of nitrogens with zero attached hydrogens (tertiary/aromatic N) is 1. The van der Waals surface area contributed by atoms with E-state index in [0.29, 0.717) is 5.75 Å². The lowest BCUT2D eigenvalue weighted by Crippen LogP contribution is -2.29. The first kappa shape index (κ1) is 17.9. The number of methoxy groups -OCH3 is 1. The van der Waals surface area contributed by atoms with Crippen molar-refractivity contribution in [1.82, 2.24) is 10.3 Å². The highest BCUT2D eigenvalue weighted by atomic mass is 16.6. The molecule has 3 N–H and O–H groups in total. The van der Waals surface area contributed by atoms with Crippen LogP contribution >= 0.6 is 0 Å². The van der Waals surface area contributed by atoms with Gasteiger partial charge in [0.25, 0.3) is 17.2 Å². The van der Waals surface area contributed by atoms with E-state index in [0.717, 1.165) is 11.6 Å². The molecule has 1 heterocycles. The third-order valence-electron chi connectivity index (χ3n) is 4.02. The van der Waals surface area contributed by atoms with Gasteiger partial charge in [-0.3, -0.25) is 19.7 Å². The number of hydrogen-bond acceptors (Lipinski definition) is 6. The van der Waals surface area contributed by atoms with Crippen LogP contribution in [0.25, 0.3) is 10.9 Å². The number of nitro groups is 1. The number of pyridine rings is 1. The maximum atomic E-state index is 12.4. The summed E-state index contributed by atoms with van der Waals surface area (Å²) in [5.41, 5.74) is -0.693. The summed E-state index contributed by atoms with van der Waals surface area (Å²) in [6.45, 7) is 0.139. The Kier molecular flexibility index (Phi) is 4.75. The van der Waals surface area contributed by atoms with Gasteiger partial charge in [-0.25, -0.2) is 0 Å². The van der Waals surface area contributed by atoms with Crippen molar-refractivity contribution in [3.8, 4) is 11.5 Å². The molecule has 9 nitrogen and oxygen atoms in total. The van der Waals surface area contributed by atoms with Crippen LogP contribution < -0.4 is 15.6 Å². The first-order valence-electron chi connectivity index (χ1n) is 7.85. The number of aromatic hydroxyl groups is 1. The second-order valence-electron chi connectivity index (χ2n) is 5.70. The molecule has 0 unspecified atom stereocenters. The summed E-state index contributed by atoms with van der Waals surface area (Å²) in [5, 5.41) is 23.9. The van der Waals surface area contributed by atoms with Crippen molar-refractivity contribution < 1.29 is 19.6 Å². The summed E-state index contributed by atoms with van der Waals surface area (Å²) >= 11 is 0. The Morgan fingerprint density at radius 3 is 2.59 bits per heavy atom. The number of ether oxygens (including phenoxy) is 1. The molecule has 9 heteroatoms. The molecule has 0 atom stereocenters. The molecule has 0 saturated heterocycles. The second-order valence-corrected chi connectivity index (χ2v) is 5.70. The van der Waals surface area contributed by atoms with Crippen LogP contribution in [-0.4, -0.2) is 28.0 Å². The molecule has 0 bridgehead atoms. The van der Waals surface area contributed by atoms with Gasteiger partial charge in [0.15, 0.2) is 0 Å². The molecular weight excluding hydrogens is 354 g/mol. The number of hydrogen-bond donors (Lipinski definition) is 3. The summed E-state index contributed by atoms with van der Waals surface area (Å²) in [5.74, 6) is -0.622. The number of aromatic amines is 1. The van der Waals surface area contributed by atoms with Crippen LogP contribution in [0, 0.1) is 10.1 Å². The van der Waals surface area contributed by atoms with Crippen LogP contribution in [-0.2, 0) is 6.54 Å². The molecule has 0 saturated carbocycles. The quantitative estimate of drug-likeness (QED) is 0.465. The number of aromatic nitrogens is 1. The average molecular weight is 369 g/mol. The van der Waals surface area contributed by atoms with Crippen LogP contribution in [0.4, 0.5) is 5.69 Å². The average Bonchev–Trinajstić information content (AvgIpc) is 2.66. The van der Waals surface area contributed by atoms with Crippen molar-refractivity contribution in [3.05, 3.63) is 74.1 Å². The van der Waals surface area contributed by atoms with E-state index >= 15 is 0 Å². The van der Waals surface area contributed by atoms with Gasteiger partial charge in [-0.05, 0) is 23.8 Å². The zero-order valence-electron chi connectivity index (χ0n) is 14.2. The molecule has 27 heavy (non-hydrogen) atoms. The number of amides is 1. The van der Waals surface area contributed by atoms with Gasteiger partial charge in [0.2, 0.25) is 0 Å². The SMILES string of the molecule is COc1ccc(CNC(=O)c2c(O)c3ccc([N+](=O)[O-])cc3[nH]c2=O)cc1. The Hall–Kier alpha value is -3.88. The van der Waals surface area contributed by atoms with E-state index in [-0.39, 0.29) is 23.1 Å². The predicted molar refractivity (Wildman–Crippen MR) is 97.1 cm³/mol. The van der Waals surface area contributed by atoms with Gasteiger partial charge < -0.3 is 20.1 Å². The lowest BCUT2D eigenvalue weighted by atomic mass is 10.1. The maximum Gasteiger partial charge on any atom is 0.271 e. The van der Waals surface area contributed by atoms with Gasteiger partial charge >= 0.3 is 0 Å². The van der Waals surface area contributed by atoms with Gasteiger partial charge in [0.1, 0.15) is 17.1 Å². The van der Waals surface area contributed by atoms with Crippen molar-refractivity contribution in [2.75, 3.05) is 7.11 Å². The summed E-state index contributed by atoms with van der Waals surface area (Å²) in [6.07, 6.45) is 0. The van der Waals surface area contributed by atoms with Crippen LogP contribution in [0.2, 0.25) is 0 Å². The number of carbonyl (C=O) groups is 1. The number of nitrogens with one attached hydrogen (secondary N) is 2. The Morgan fingerprint density at radius 2 is 1.96 bits per heavy atom. The van der Waals surface area contributed by atoms with E-state index in [1.165, 1.54) is 12.1 Å². The van der Waals surface area contributed by atoms with Crippen molar-refractivity contribution in [1.29, 1.82) is 0 Å². The lowest BCUT2D eigenvalue weighted by Gasteiger charge is -2.09. The summed E-state index contributed by atoms with van der Waals surface area (Å²) in [7, 11) is 1.54. The summed E-state index contributed by atoms with van der Waals surface area (Å²) in [6, 6.07) is 10.5. The third-order valence-corrected chi connectivity index (χ3v) is 4.02. The van der Waals surface area contributed by atoms with Crippen LogP contribution in [0.15, 0.2) is 47.3 Å². The van der Waals surface area contributed by atoms with Crippen LogP contribution in [0.1, 0.15) is 15.9 Å². The third kappa shape index (κ3) is 3.56. The highest BCUT2D eigenvalue weighted by molar-refractivity contribution is 6.02. The minimum atomic E-state index is -0.840. The molecule has 138 valence electrons. The zero-order valence-corrected chi connectivity index (χ0v) is 14.2. The number of non-ortho nitro benzene ring substituents is 1. The topological polar surface area (TPSA) is 135 Å². The van der Waals surface area contributed by atoms with Crippen molar-refractivity contribution in [3.63, 3.8) is 0 Å². The van der Waals surface area contributed by atoms with E-state index in [2.05, 4.69) is 10.3 Å². The van der Waals surface area contributed by atoms with E-state index in [9.17, 15) is 24.8 Å². The number of fused-ring (bicyclic) bond motifs is 1. The van der Waals surface area contributed by atoms with Crippen molar-refractivity contribution in [2.24, 2.45) is 0 Å². The monoisotopic (exact) mass is 369 g/mol. The molecule has 0 aliphatic carbocycles. The van der Waals surface area contributed by atoms with Gasteiger partial charge in [0.05, 0.1) is 17.5 Å². The number of H-pyrrole nitrogens is 1. The van der Waals surface area contributed by atoms with Gasteiger partial charge in [0, 0.05) is 24.1 Å². The van der Waals surface area contributed by atoms with Gasteiger partial charge in [-0.2, -0.15) is 0 Å². The molecule has 1 amide bonds. The summed E-state index contributed by atoms with van der Waals surface area (Å²) < 4.78 is 5.05. The van der Waals surface area contributed by atoms with Crippen molar-refractivity contribution in [2.45, 2.75) is 6.54 Å². The molecular formula is C18H15N3O6. The molecule has 2 aromatic carbocycles. The Morgan fingerprint density at radius 1 is 1.26 bits per heavy atom. The first-order valence-corrected chi connectivity index (χ1v) is 7.85. The molecule has 0 fully saturated rings. The largest absolute Gasteiger partial charge is 0.506 e. The fourth-order valence-corrected chi connectivity index (χ4v) is 2.61. The van der Waals surface area contributed by atoms with E-state index < -0.39 is 27.7 Å². The molecule has 0 spiro atoms. The Balaban J connectivity index is 1.88. The fraction of sp³-hybridized carbons (Fsp3) is 0.111. The standard InChI is InChI=1S/C18H15N3O6/c1-27-12-5-2-10(3-6-12)9-19-17(23)15-16(22)13-7-4-11(21(25)26)8-14(13)20-18(15)24/h2-8H,9H2,1H3,(H,19,23)(H2,20,22,24). The highest BCUT2D eigenvalue weighted by Gasteiger charge is 2.20. The smallest absolute Gasteiger partial charge is 0.271 e. The number of carbonyl (C=O) groups excluding carboxylic acids is 1. The predicted octanol–water partition coefficient (Wildman–Crippen LogP) is 2.08. The van der Waals surface area contributed by atoms with Crippen LogP contribution in [0.5, 0.6) is 11.5 Å². The Bertz CT molecular complexity index is 1090. The fourth-order valence-electron chi connectivity index (χ4n) is 2.61. The zero-order chi connectivity index (χ0) is 19.6. The van der Waals surface area contributed by atoms with E-state index in [4.69, 9.17) is 4.74 Å². The minimum absolute atomic E-state index is 0.0680. The van der Waals surface area contributed by atoms with Gasteiger partial charge in [-0.15, -0.1) is 0 Å². The van der Waals surface area contributed by atoms with Crippen molar-refractivity contribution >= 4 is 22.5 Å². The number of nitro benzene ring substituents is 1. The minimum Gasteiger partial charge on any atom is -0.506 e. The Labute approximate surface area is 152 Å². The first-order chi connectivity index (χ1) is 12.9. The van der Waals surface area contributed by atoms with Crippen LogP contribution in [0.3, 0.4) is 0 Å². The van der Waals surface area contributed by atoms with E-state index in [1.54, 1.807) is 31.4 Å². The van der Waals surface area contributed by atoms with Gasteiger partial charge in [-0.1, -0.05) is 12.1 Å². The molecule has 0 aliphatic heterocycles. The molecule has 3 aromatic rings.